The third-order valence-electron chi connectivity index (χ3n) is 3.40. The maximum atomic E-state index is 11.8. The fourth-order valence-corrected chi connectivity index (χ4v) is 2.22. The molecule has 0 fully saturated rings. The van der Waals surface area contributed by atoms with Gasteiger partial charge in [0, 0.05) is 31.0 Å². The molecule has 2 aromatic rings. The lowest BCUT2D eigenvalue weighted by Crippen LogP contribution is -2.22. The van der Waals surface area contributed by atoms with E-state index >= 15 is 0 Å². The molecule has 124 valence electrons. The number of amides is 1. The molecule has 0 spiro atoms. The van der Waals surface area contributed by atoms with Crippen LogP contribution >= 0.6 is 0 Å². The Morgan fingerprint density at radius 3 is 2.74 bits per heavy atom. The molecule has 0 radical (unpaired) electrons. The number of carbonyl (C=O) groups is 1. The number of aromatic amines is 1. The van der Waals surface area contributed by atoms with Gasteiger partial charge in [0.25, 0.3) is 5.91 Å². The second kappa shape index (κ2) is 7.69. The molecule has 6 nitrogen and oxygen atoms in total. The molecule has 2 rings (SSSR count). The van der Waals surface area contributed by atoms with Gasteiger partial charge in [0.05, 0.1) is 19.8 Å². The first-order valence-corrected chi connectivity index (χ1v) is 7.55. The van der Waals surface area contributed by atoms with Crippen molar-refractivity contribution in [1.29, 1.82) is 0 Å². The SMILES string of the molecule is CCOc1ccc(NCc2ccc(C(=O)N(C)C)[nH]2)cc1CO. The number of benzene rings is 1. The van der Waals surface area contributed by atoms with Gasteiger partial charge in [-0.15, -0.1) is 0 Å². The van der Waals surface area contributed by atoms with Gasteiger partial charge in [-0.05, 0) is 37.3 Å². The predicted molar refractivity (Wildman–Crippen MR) is 89.7 cm³/mol. The Morgan fingerprint density at radius 2 is 2.09 bits per heavy atom. The summed E-state index contributed by atoms with van der Waals surface area (Å²) < 4.78 is 5.46. The fourth-order valence-electron chi connectivity index (χ4n) is 2.22. The fraction of sp³-hybridized carbons (Fsp3) is 0.353. The van der Waals surface area contributed by atoms with Crippen LogP contribution in [-0.4, -0.2) is 41.6 Å². The third-order valence-corrected chi connectivity index (χ3v) is 3.40. The number of ether oxygens (including phenoxy) is 1. The van der Waals surface area contributed by atoms with Gasteiger partial charge in [0.1, 0.15) is 11.4 Å². The van der Waals surface area contributed by atoms with E-state index in [1.54, 1.807) is 20.2 Å². The highest BCUT2D eigenvalue weighted by atomic mass is 16.5. The zero-order valence-electron chi connectivity index (χ0n) is 13.7. The molecule has 0 atom stereocenters. The Balaban J connectivity index is 2.02. The number of aliphatic hydroxyl groups is 1. The van der Waals surface area contributed by atoms with Crippen molar-refractivity contribution >= 4 is 11.6 Å². The summed E-state index contributed by atoms with van der Waals surface area (Å²) >= 11 is 0. The molecule has 1 aromatic carbocycles. The second-order valence-corrected chi connectivity index (χ2v) is 5.36. The maximum absolute atomic E-state index is 11.8. The first-order chi connectivity index (χ1) is 11.0. The van der Waals surface area contributed by atoms with Gasteiger partial charge in [0.15, 0.2) is 0 Å². The molecule has 0 unspecified atom stereocenters. The van der Waals surface area contributed by atoms with Crippen LogP contribution in [0.3, 0.4) is 0 Å². The average Bonchev–Trinajstić information content (AvgIpc) is 3.02. The standard InChI is InChI=1S/C17H23N3O3/c1-4-23-16-8-6-13(9-12(16)11-21)18-10-14-5-7-15(19-14)17(22)20(2)3/h5-9,18-19,21H,4,10-11H2,1-3H3. The molecule has 0 aliphatic carbocycles. The van der Waals surface area contributed by atoms with E-state index in [1.807, 2.05) is 31.2 Å². The molecule has 0 saturated carbocycles. The minimum absolute atomic E-state index is 0.0557. The maximum Gasteiger partial charge on any atom is 0.269 e. The van der Waals surface area contributed by atoms with Crippen molar-refractivity contribution < 1.29 is 14.6 Å². The number of hydrogen-bond acceptors (Lipinski definition) is 4. The first kappa shape index (κ1) is 16.9. The molecule has 0 bridgehead atoms. The minimum atomic E-state index is -0.0746. The lowest BCUT2D eigenvalue weighted by molar-refractivity contribution is 0.0822. The molecule has 1 aromatic heterocycles. The predicted octanol–water partition coefficient (Wildman–Crippen LogP) is 2.22. The Morgan fingerprint density at radius 1 is 1.30 bits per heavy atom. The number of nitrogens with one attached hydrogen (secondary N) is 2. The van der Waals surface area contributed by atoms with Gasteiger partial charge < -0.3 is 25.0 Å². The van der Waals surface area contributed by atoms with E-state index in [2.05, 4.69) is 10.3 Å². The van der Waals surface area contributed by atoms with E-state index in [9.17, 15) is 9.90 Å². The summed E-state index contributed by atoms with van der Waals surface area (Å²) in [6.07, 6.45) is 0. The summed E-state index contributed by atoms with van der Waals surface area (Å²) in [5, 5.41) is 12.7. The molecular weight excluding hydrogens is 294 g/mol. The number of rotatable bonds is 7. The lowest BCUT2D eigenvalue weighted by Gasteiger charge is -2.12. The second-order valence-electron chi connectivity index (χ2n) is 5.36. The van der Waals surface area contributed by atoms with E-state index in [4.69, 9.17) is 4.74 Å². The zero-order chi connectivity index (χ0) is 16.8. The quantitative estimate of drug-likeness (QED) is 0.732. The van der Waals surface area contributed by atoms with Crippen molar-refractivity contribution in [3.8, 4) is 5.75 Å². The van der Waals surface area contributed by atoms with E-state index in [0.29, 0.717) is 24.6 Å². The number of hydrogen-bond donors (Lipinski definition) is 3. The van der Waals surface area contributed by atoms with Crippen LogP contribution < -0.4 is 10.1 Å². The Bertz CT molecular complexity index is 665. The number of aliphatic hydroxyl groups excluding tert-OH is 1. The van der Waals surface area contributed by atoms with Crippen LogP contribution in [-0.2, 0) is 13.2 Å². The number of anilines is 1. The molecule has 3 N–H and O–H groups in total. The molecule has 1 heterocycles. The van der Waals surface area contributed by atoms with E-state index in [1.165, 1.54) is 4.90 Å². The number of nitrogens with zero attached hydrogens (tertiary/aromatic N) is 1. The molecule has 0 saturated heterocycles. The van der Waals surface area contributed by atoms with Crippen LogP contribution in [0, 0.1) is 0 Å². The summed E-state index contributed by atoms with van der Waals surface area (Å²) in [7, 11) is 3.44. The van der Waals surface area contributed by atoms with E-state index in [0.717, 1.165) is 16.9 Å². The molecule has 0 aliphatic heterocycles. The highest BCUT2D eigenvalue weighted by Crippen LogP contribution is 2.23. The summed E-state index contributed by atoms with van der Waals surface area (Å²) in [4.78, 5) is 16.5. The Kier molecular flexibility index (Phi) is 5.65. The van der Waals surface area contributed by atoms with Crippen molar-refractivity contribution in [2.45, 2.75) is 20.1 Å². The van der Waals surface area contributed by atoms with Crippen LogP contribution in [0.2, 0.25) is 0 Å². The summed E-state index contributed by atoms with van der Waals surface area (Å²) in [6, 6.07) is 9.26. The van der Waals surface area contributed by atoms with Crippen LogP contribution in [0.15, 0.2) is 30.3 Å². The lowest BCUT2D eigenvalue weighted by atomic mass is 10.2. The molecule has 6 heteroatoms. The van der Waals surface area contributed by atoms with Gasteiger partial charge in [-0.25, -0.2) is 0 Å². The van der Waals surface area contributed by atoms with Crippen molar-refractivity contribution in [3.63, 3.8) is 0 Å². The van der Waals surface area contributed by atoms with Crippen molar-refractivity contribution in [1.82, 2.24) is 9.88 Å². The minimum Gasteiger partial charge on any atom is -0.494 e. The number of carbonyl (C=O) groups excluding carboxylic acids is 1. The Labute approximate surface area is 136 Å². The summed E-state index contributed by atoms with van der Waals surface area (Å²) in [5.74, 6) is 0.638. The number of H-pyrrole nitrogens is 1. The molecular formula is C17H23N3O3. The van der Waals surface area contributed by atoms with Crippen molar-refractivity contribution in [3.05, 3.63) is 47.3 Å². The van der Waals surface area contributed by atoms with Gasteiger partial charge in [-0.2, -0.15) is 0 Å². The summed E-state index contributed by atoms with van der Waals surface area (Å²) in [6.45, 7) is 2.95. The van der Waals surface area contributed by atoms with Crippen LogP contribution in [0.5, 0.6) is 5.75 Å². The van der Waals surface area contributed by atoms with Gasteiger partial charge >= 0.3 is 0 Å². The highest BCUT2D eigenvalue weighted by molar-refractivity contribution is 5.92. The van der Waals surface area contributed by atoms with Crippen LogP contribution in [0.1, 0.15) is 28.7 Å². The van der Waals surface area contributed by atoms with Crippen LogP contribution in [0.4, 0.5) is 5.69 Å². The van der Waals surface area contributed by atoms with Gasteiger partial charge in [-0.3, -0.25) is 4.79 Å². The molecule has 23 heavy (non-hydrogen) atoms. The monoisotopic (exact) mass is 317 g/mol. The largest absolute Gasteiger partial charge is 0.494 e. The average molecular weight is 317 g/mol. The van der Waals surface area contributed by atoms with E-state index in [-0.39, 0.29) is 12.5 Å². The van der Waals surface area contributed by atoms with Gasteiger partial charge in [-0.1, -0.05) is 0 Å². The topological polar surface area (TPSA) is 77.6 Å². The number of aromatic nitrogens is 1. The Hall–Kier alpha value is -2.47. The summed E-state index contributed by atoms with van der Waals surface area (Å²) in [5.41, 5.74) is 3.10. The zero-order valence-corrected chi connectivity index (χ0v) is 13.7. The highest BCUT2D eigenvalue weighted by Gasteiger charge is 2.10. The first-order valence-electron chi connectivity index (χ1n) is 7.55. The van der Waals surface area contributed by atoms with Crippen molar-refractivity contribution in [2.75, 3.05) is 26.0 Å². The van der Waals surface area contributed by atoms with Crippen molar-refractivity contribution in [2.24, 2.45) is 0 Å². The smallest absolute Gasteiger partial charge is 0.269 e. The third kappa shape index (κ3) is 4.26. The molecule has 1 amide bonds. The van der Waals surface area contributed by atoms with Crippen LogP contribution in [0.25, 0.3) is 0 Å². The molecule has 0 aliphatic rings. The van der Waals surface area contributed by atoms with E-state index < -0.39 is 0 Å². The normalized spacial score (nSPS) is 10.4. The van der Waals surface area contributed by atoms with Gasteiger partial charge in [0.2, 0.25) is 0 Å².